The molecule has 0 spiro atoms. The van der Waals surface area contributed by atoms with Gasteiger partial charge in [-0.2, -0.15) is 0 Å². The topological polar surface area (TPSA) is 0 Å². The molecular formula is C12H19I. The van der Waals surface area contributed by atoms with Crippen molar-refractivity contribution in [3.63, 3.8) is 0 Å². The maximum absolute atomic E-state index is 2.33. The second kappa shape index (κ2) is 6.41. The molecule has 74 valence electrons. The molecule has 0 unspecified atom stereocenters. The number of unbranched alkanes of at least 4 members (excludes halogenated alkanes) is 1. The monoisotopic (exact) mass is 290 g/mol. The van der Waals surface area contributed by atoms with Gasteiger partial charge in [0.2, 0.25) is 0 Å². The van der Waals surface area contributed by atoms with Gasteiger partial charge in [0.05, 0.1) is 0 Å². The van der Waals surface area contributed by atoms with Crippen LogP contribution in [0.3, 0.4) is 0 Å². The van der Waals surface area contributed by atoms with Crippen molar-refractivity contribution in [2.24, 2.45) is 0 Å². The van der Waals surface area contributed by atoms with Crippen LogP contribution in [0, 0.1) is 3.57 Å². The zero-order valence-electron chi connectivity index (χ0n) is 8.55. The molecule has 0 aromatic heterocycles. The Kier molecular flexibility index (Phi) is 5.44. The van der Waals surface area contributed by atoms with Gasteiger partial charge in [-0.3, -0.25) is 0 Å². The van der Waals surface area contributed by atoms with Gasteiger partial charge in [0.1, 0.15) is 0 Å². The molecule has 0 amide bonds. The van der Waals surface area contributed by atoms with Gasteiger partial charge in [-0.1, -0.05) is 0 Å². The molecular weight excluding hydrogens is 271 g/mol. The minimum absolute atomic E-state index is 0.130. The van der Waals surface area contributed by atoms with Crippen LogP contribution in [0.2, 0.25) is 0 Å². The molecule has 0 radical (unpaired) electrons. The van der Waals surface area contributed by atoms with Crippen LogP contribution in [0.5, 0.6) is 0 Å². The first-order valence-electron chi connectivity index (χ1n) is 5.08. The van der Waals surface area contributed by atoms with E-state index in [9.17, 15) is 0 Å². The van der Waals surface area contributed by atoms with Crippen molar-refractivity contribution in [3.8, 4) is 0 Å². The fourth-order valence-corrected chi connectivity index (χ4v) is 4.00. The van der Waals surface area contributed by atoms with Gasteiger partial charge in [0.15, 0.2) is 0 Å². The molecule has 13 heavy (non-hydrogen) atoms. The third-order valence-corrected chi connectivity index (χ3v) is 5.23. The second-order valence-electron chi connectivity index (χ2n) is 3.20. The van der Waals surface area contributed by atoms with Crippen molar-refractivity contribution in [1.29, 1.82) is 0 Å². The number of aryl methyl sites for hydroxylation is 1. The van der Waals surface area contributed by atoms with Gasteiger partial charge in [-0.15, -0.1) is 0 Å². The van der Waals surface area contributed by atoms with Crippen LogP contribution in [0.25, 0.3) is 0 Å². The molecule has 1 aromatic carbocycles. The summed E-state index contributed by atoms with van der Waals surface area (Å²) in [6, 6.07) is 9.23. The van der Waals surface area contributed by atoms with E-state index in [1.807, 2.05) is 0 Å². The van der Waals surface area contributed by atoms with E-state index in [1.165, 1.54) is 22.8 Å². The van der Waals surface area contributed by atoms with Crippen LogP contribution >= 0.6 is 21.2 Å². The SMILES string of the molecule is CCCC[IH]c1ccc(CC)cc1. The molecule has 0 heterocycles. The molecule has 0 aliphatic heterocycles. The minimum atomic E-state index is 0.130. The fraction of sp³-hybridized carbons (Fsp3) is 0.500. The van der Waals surface area contributed by atoms with E-state index in [0.717, 1.165) is 6.42 Å². The zero-order chi connectivity index (χ0) is 9.52. The summed E-state index contributed by atoms with van der Waals surface area (Å²) in [7, 11) is 0. The van der Waals surface area contributed by atoms with Gasteiger partial charge in [0, 0.05) is 0 Å². The van der Waals surface area contributed by atoms with Gasteiger partial charge in [-0.05, 0) is 0 Å². The summed E-state index contributed by atoms with van der Waals surface area (Å²) in [5.41, 5.74) is 1.46. The predicted molar refractivity (Wildman–Crippen MR) is 69.7 cm³/mol. The van der Waals surface area contributed by atoms with Crippen LogP contribution in [-0.4, -0.2) is 4.43 Å². The van der Waals surface area contributed by atoms with Gasteiger partial charge < -0.3 is 0 Å². The van der Waals surface area contributed by atoms with E-state index in [0.29, 0.717) is 0 Å². The summed E-state index contributed by atoms with van der Waals surface area (Å²) in [5.74, 6) is 0. The first-order chi connectivity index (χ1) is 6.36. The average molecular weight is 290 g/mol. The Morgan fingerprint density at radius 1 is 1.08 bits per heavy atom. The third-order valence-electron chi connectivity index (χ3n) is 2.10. The van der Waals surface area contributed by atoms with E-state index in [4.69, 9.17) is 0 Å². The van der Waals surface area contributed by atoms with Crippen molar-refractivity contribution < 1.29 is 0 Å². The molecule has 0 fully saturated rings. The van der Waals surface area contributed by atoms with E-state index >= 15 is 0 Å². The Labute approximate surface area is 92.0 Å². The summed E-state index contributed by atoms with van der Waals surface area (Å²) in [5, 5.41) is 0. The molecule has 0 aliphatic rings. The number of halogens is 1. The number of alkyl halides is 1. The van der Waals surface area contributed by atoms with E-state index in [-0.39, 0.29) is 21.2 Å². The van der Waals surface area contributed by atoms with Crippen molar-refractivity contribution in [1.82, 2.24) is 0 Å². The van der Waals surface area contributed by atoms with E-state index in [1.54, 1.807) is 3.57 Å². The first kappa shape index (κ1) is 11.0. The average Bonchev–Trinajstić information content (AvgIpc) is 2.19. The Balaban J connectivity index is 2.40. The summed E-state index contributed by atoms with van der Waals surface area (Å²) < 4.78 is 3.09. The molecule has 0 bridgehead atoms. The van der Waals surface area contributed by atoms with E-state index in [2.05, 4.69) is 38.1 Å². The standard InChI is InChI=1S/C12H19I/c1-3-5-10-13-12-8-6-11(4-2)7-9-12/h6-9,13H,3-5,10H2,1-2H3. The molecule has 1 heteroatoms. The van der Waals surface area contributed by atoms with Gasteiger partial charge >= 0.3 is 92.1 Å². The van der Waals surface area contributed by atoms with E-state index < -0.39 is 0 Å². The molecule has 0 nitrogen and oxygen atoms in total. The Bertz CT molecular complexity index is 225. The van der Waals surface area contributed by atoms with Crippen LogP contribution in [0.1, 0.15) is 32.3 Å². The van der Waals surface area contributed by atoms with Crippen molar-refractivity contribution in [3.05, 3.63) is 33.4 Å². The molecule has 0 saturated heterocycles. The molecule has 1 rings (SSSR count). The Morgan fingerprint density at radius 3 is 2.31 bits per heavy atom. The third kappa shape index (κ3) is 4.12. The quantitative estimate of drug-likeness (QED) is 0.438. The zero-order valence-corrected chi connectivity index (χ0v) is 10.9. The molecule has 0 atom stereocenters. The molecule has 0 aliphatic carbocycles. The number of rotatable bonds is 5. The van der Waals surface area contributed by atoms with Crippen molar-refractivity contribution >= 4 is 21.2 Å². The maximum atomic E-state index is 2.33. The predicted octanol–water partition coefficient (Wildman–Crippen LogP) is 3.92. The van der Waals surface area contributed by atoms with Gasteiger partial charge in [0.25, 0.3) is 0 Å². The van der Waals surface area contributed by atoms with Crippen molar-refractivity contribution in [2.45, 2.75) is 33.1 Å². The summed E-state index contributed by atoms with van der Waals surface area (Å²) >= 11 is 0.130. The van der Waals surface area contributed by atoms with Crippen LogP contribution in [0.15, 0.2) is 24.3 Å². The summed E-state index contributed by atoms with van der Waals surface area (Å²) in [6.07, 6.45) is 3.92. The molecule has 1 aromatic rings. The summed E-state index contributed by atoms with van der Waals surface area (Å²) in [4.78, 5) is 0. The molecule has 0 saturated carbocycles. The summed E-state index contributed by atoms with van der Waals surface area (Å²) in [6.45, 7) is 4.48. The van der Waals surface area contributed by atoms with Crippen LogP contribution < -0.4 is 0 Å². The number of hydrogen-bond acceptors (Lipinski definition) is 0. The van der Waals surface area contributed by atoms with Crippen molar-refractivity contribution in [2.75, 3.05) is 4.43 Å². The second-order valence-corrected chi connectivity index (χ2v) is 6.53. The normalized spacial score (nSPS) is 10.6. The fourth-order valence-electron chi connectivity index (χ4n) is 1.16. The van der Waals surface area contributed by atoms with Crippen LogP contribution in [-0.2, 0) is 6.42 Å². The molecule has 0 N–H and O–H groups in total. The Morgan fingerprint density at radius 2 is 1.77 bits per heavy atom. The number of hydrogen-bond donors (Lipinski definition) is 0. The number of benzene rings is 1. The first-order valence-corrected chi connectivity index (χ1v) is 7.89. The Hall–Kier alpha value is -0.0500. The van der Waals surface area contributed by atoms with Gasteiger partial charge in [-0.25, -0.2) is 0 Å². The van der Waals surface area contributed by atoms with Crippen LogP contribution in [0.4, 0.5) is 0 Å².